The summed E-state index contributed by atoms with van der Waals surface area (Å²) in [6.45, 7) is 2.97. The quantitative estimate of drug-likeness (QED) is 0.691. The van der Waals surface area contributed by atoms with E-state index in [0.29, 0.717) is 24.4 Å². The zero-order valence-corrected chi connectivity index (χ0v) is 12.7. The molecule has 6 heteroatoms. The molecule has 0 radical (unpaired) electrons. The van der Waals surface area contributed by atoms with Crippen molar-refractivity contribution in [3.63, 3.8) is 0 Å². The van der Waals surface area contributed by atoms with Crippen molar-refractivity contribution in [3.8, 4) is 5.75 Å². The van der Waals surface area contributed by atoms with Crippen molar-refractivity contribution in [2.24, 2.45) is 0 Å². The Kier molecular flexibility index (Phi) is 3.22. The first kappa shape index (κ1) is 13.8. The number of hydrogen-bond acceptors (Lipinski definition) is 4. The molecular formula is C17H16N4O2. The van der Waals surface area contributed by atoms with Gasteiger partial charge in [0, 0.05) is 18.0 Å². The van der Waals surface area contributed by atoms with Crippen LogP contribution >= 0.6 is 0 Å². The molecule has 1 aliphatic heterocycles. The lowest BCUT2D eigenvalue weighted by atomic mass is 10.1. The van der Waals surface area contributed by atoms with Crippen molar-refractivity contribution < 1.29 is 9.53 Å². The zero-order chi connectivity index (χ0) is 15.8. The molecule has 1 amide bonds. The third kappa shape index (κ3) is 2.32. The Labute approximate surface area is 133 Å². The molecule has 6 nitrogen and oxygen atoms in total. The third-order valence-electron chi connectivity index (χ3n) is 4.10. The van der Waals surface area contributed by atoms with Crippen LogP contribution in [0, 0.1) is 0 Å². The van der Waals surface area contributed by atoms with Crippen LogP contribution in [0.2, 0.25) is 0 Å². The Morgan fingerprint density at radius 1 is 1.30 bits per heavy atom. The molecule has 4 rings (SSSR count). The first-order valence-electron chi connectivity index (χ1n) is 7.54. The van der Waals surface area contributed by atoms with E-state index in [1.807, 2.05) is 36.1 Å². The minimum Gasteiger partial charge on any atom is -0.491 e. The zero-order valence-electron chi connectivity index (χ0n) is 12.7. The maximum atomic E-state index is 13.0. The van der Waals surface area contributed by atoms with Gasteiger partial charge < -0.3 is 9.64 Å². The van der Waals surface area contributed by atoms with Gasteiger partial charge >= 0.3 is 0 Å². The molecule has 0 aliphatic carbocycles. The van der Waals surface area contributed by atoms with Crippen LogP contribution in [0.3, 0.4) is 0 Å². The van der Waals surface area contributed by atoms with Gasteiger partial charge in [0.05, 0.1) is 18.8 Å². The van der Waals surface area contributed by atoms with Gasteiger partial charge in [-0.15, -0.1) is 0 Å². The maximum absolute atomic E-state index is 13.0. The van der Waals surface area contributed by atoms with Crippen molar-refractivity contribution in [1.29, 1.82) is 0 Å². The first-order chi connectivity index (χ1) is 11.2. The molecule has 1 aromatic carbocycles. The van der Waals surface area contributed by atoms with E-state index in [1.54, 1.807) is 29.2 Å². The standard InChI is InChI=1S/C17H16N4O2/c1-12-11-23-15-6-3-2-5-13(15)10-20(12)17(22)14-9-19-21-8-4-7-18-16(14)21/h2-9,12H,10-11H2,1H3. The van der Waals surface area contributed by atoms with Crippen LogP contribution < -0.4 is 4.74 Å². The Morgan fingerprint density at radius 2 is 2.17 bits per heavy atom. The summed E-state index contributed by atoms with van der Waals surface area (Å²) < 4.78 is 7.43. The minimum absolute atomic E-state index is 0.0337. The van der Waals surface area contributed by atoms with E-state index in [0.717, 1.165) is 11.3 Å². The number of carbonyl (C=O) groups is 1. The molecule has 1 unspecified atom stereocenters. The summed E-state index contributed by atoms with van der Waals surface area (Å²) in [6.07, 6.45) is 5.02. The second-order valence-electron chi connectivity index (χ2n) is 5.65. The normalized spacial score (nSPS) is 17.4. The topological polar surface area (TPSA) is 59.7 Å². The van der Waals surface area contributed by atoms with Gasteiger partial charge in [-0.2, -0.15) is 5.10 Å². The average Bonchev–Trinajstić information content (AvgIpc) is 2.94. The molecular weight excluding hydrogens is 292 g/mol. The fourth-order valence-electron chi connectivity index (χ4n) is 2.82. The molecule has 0 bridgehead atoms. The smallest absolute Gasteiger partial charge is 0.260 e. The van der Waals surface area contributed by atoms with Crippen molar-refractivity contribution in [2.45, 2.75) is 19.5 Å². The molecule has 23 heavy (non-hydrogen) atoms. The van der Waals surface area contributed by atoms with Crippen molar-refractivity contribution in [2.75, 3.05) is 6.61 Å². The molecule has 0 saturated carbocycles. The highest BCUT2D eigenvalue weighted by atomic mass is 16.5. The van der Waals surface area contributed by atoms with Crippen LogP contribution in [0.4, 0.5) is 0 Å². The summed E-state index contributed by atoms with van der Waals surface area (Å²) in [5.41, 5.74) is 2.09. The lowest BCUT2D eigenvalue weighted by Gasteiger charge is -2.25. The Hall–Kier alpha value is -2.89. The fraction of sp³-hybridized carbons (Fsp3) is 0.235. The average molecular weight is 308 g/mol. The highest BCUT2D eigenvalue weighted by molar-refractivity contribution is 5.99. The number of aromatic nitrogens is 3. The number of nitrogens with zero attached hydrogens (tertiary/aromatic N) is 4. The molecule has 1 atom stereocenters. The van der Waals surface area contributed by atoms with Gasteiger partial charge in [-0.3, -0.25) is 4.79 Å². The first-order valence-corrected chi connectivity index (χ1v) is 7.54. The molecule has 0 saturated heterocycles. The Balaban J connectivity index is 1.72. The summed E-state index contributed by atoms with van der Waals surface area (Å²) >= 11 is 0. The van der Waals surface area contributed by atoms with E-state index >= 15 is 0 Å². The van der Waals surface area contributed by atoms with Gasteiger partial charge in [-0.05, 0) is 19.1 Å². The minimum atomic E-state index is -0.0773. The monoisotopic (exact) mass is 308 g/mol. The highest BCUT2D eigenvalue weighted by Gasteiger charge is 2.28. The second kappa shape index (κ2) is 5.39. The van der Waals surface area contributed by atoms with Crippen LogP contribution in [0.1, 0.15) is 22.8 Å². The predicted octanol–water partition coefficient (Wildman–Crippen LogP) is 2.15. The van der Waals surface area contributed by atoms with Gasteiger partial charge in [0.15, 0.2) is 5.65 Å². The molecule has 0 fully saturated rings. The number of para-hydroxylation sites is 1. The number of amides is 1. The lowest BCUT2D eigenvalue weighted by Crippen LogP contribution is -2.39. The van der Waals surface area contributed by atoms with E-state index in [9.17, 15) is 4.79 Å². The SMILES string of the molecule is CC1COc2ccccc2CN1C(=O)c1cnn2cccnc12. The van der Waals surface area contributed by atoms with E-state index < -0.39 is 0 Å². The summed E-state index contributed by atoms with van der Waals surface area (Å²) in [5, 5.41) is 4.20. The lowest BCUT2D eigenvalue weighted by molar-refractivity contribution is 0.0647. The summed E-state index contributed by atoms with van der Waals surface area (Å²) in [4.78, 5) is 19.1. The Morgan fingerprint density at radius 3 is 3.09 bits per heavy atom. The van der Waals surface area contributed by atoms with Crippen LogP contribution in [-0.2, 0) is 6.54 Å². The van der Waals surface area contributed by atoms with Crippen LogP contribution in [-0.4, -0.2) is 38.1 Å². The highest BCUT2D eigenvalue weighted by Crippen LogP contribution is 2.26. The maximum Gasteiger partial charge on any atom is 0.260 e. The number of fused-ring (bicyclic) bond motifs is 2. The van der Waals surface area contributed by atoms with Crippen molar-refractivity contribution in [1.82, 2.24) is 19.5 Å². The van der Waals surface area contributed by atoms with Crippen molar-refractivity contribution >= 4 is 11.6 Å². The number of rotatable bonds is 1. The second-order valence-corrected chi connectivity index (χ2v) is 5.65. The molecule has 2 aromatic heterocycles. The molecule has 3 aromatic rings. The predicted molar refractivity (Wildman–Crippen MR) is 84.3 cm³/mol. The van der Waals surface area contributed by atoms with Gasteiger partial charge in [0.2, 0.25) is 0 Å². The summed E-state index contributed by atoms with van der Waals surface area (Å²) in [5.74, 6) is 0.763. The van der Waals surface area contributed by atoms with Crippen molar-refractivity contribution in [3.05, 3.63) is 60.0 Å². The van der Waals surface area contributed by atoms with Crippen LogP contribution in [0.15, 0.2) is 48.9 Å². The molecule has 116 valence electrons. The van der Waals surface area contributed by atoms with Crippen LogP contribution in [0.25, 0.3) is 5.65 Å². The Bertz CT molecular complexity index is 874. The van der Waals surface area contributed by atoms with E-state index in [2.05, 4.69) is 10.1 Å². The van der Waals surface area contributed by atoms with Gasteiger partial charge in [-0.25, -0.2) is 9.50 Å². The number of carbonyl (C=O) groups excluding carboxylic acids is 1. The fourth-order valence-corrected chi connectivity index (χ4v) is 2.82. The molecule has 0 spiro atoms. The molecule has 3 heterocycles. The number of hydrogen-bond donors (Lipinski definition) is 0. The van der Waals surface area contributed by atoms with Gasteiger partial charge in [0.1, 0.15) is 17.9 Å². The van der Waals surface area contributed by atoms with E-state index in [-0.39, 0.29) is 11.9 Å². The van der Waals surface area contributed by atoms with Crippen LogP contribution in [0.5, 0.6) is 5.75 Å². The van der Waals surface area contributed by atoms with E-state index in [4.69, 9.17) is 4.74 Å². The summed E-state index contributed by atoms with van der Waals surface area (Å²) in [6, 6.07) is 9.57. The van der Waals surface area contributed by atoms with E-state index in [1.165, 1.54) is 0 Å². The number of benzene rings is 1. The number of ether oxygens (including phenoxy) is 1. The largest absolute Gasteiger partial charge is 0.491 e. The third-order valence-corrected chi connectivity index (χ3v) is 4.10. The van der Waals surface area contributed by atoms with Gasteiger partial charge in [0.25, 0.3) is 5.91 Å². The molecule has 1 aliphatic rings. The van der Waals surface area contributed by atoms with Gasteiger partial charge in [-0.1, -0.05) is 18.2 Å². The summed E-state index contributed by atoms with van der Waals surface area (Å²) in [7, 11) is 0. The molecule has 0 N–H and O–H groups in total.